The SMILES string of the molecule is FC(F)(F)C=Cc1cccc(C(F)(F)F)c1. The molecule has 0 N–H and O–H groups in total. The molecule has 0 heterocycles. The summed E-state index contributed by atoms with van der Waals surface area (Å²) in [6.07, 6.45) is -8.60. The Morgan fingerprint density at radius 2 is 1.56 bits per heavy atom. The minimum absolute atomic E-state index is 0.109. The van der Waals surface area contributed by atoms with E-state index in [0.29, 0.717) is 12.1 Å². The highest BCUT2D eigenvalue weighted by Gasteiger charge is 2.30. The molecular formula is C10H6F6. The number of allylic oxidation sites excluding steroid dienone is 1. The molecule has 0 aliphatic heterocycles. The van der Waals surface area contributed by atoms with Gasteiger partial charge in [0.1, 0.15) is 0 Å². The molecule has 0 radical (unpaired) electrons. The molecule has 1 aromatic rings. The molecule has 0 aliphatic rings. The van der Waals surface area contributed by atoms with Gasteiger partial charge in [0.25, 0.3) is 0 Å². The maximum absolute atomic E-state index is 12.2. The molecule has 1 rings (SSSR count). The molecule has 6 heteroatoms. The molecule has 0 atom stereocenters. The number of alkyl halides is 6. The maximum atomic E-state index is 12.2. The number of hydrogen-bond donors (Lipinski definition) is 0. The Morgan fingerprint density at radius 3 is 2.06 bits per heavy atom. The molecule has 0 spiro atoms. The van der Waals surface area contributed by atoms with E-state index in [1.54, 1.807) is 0 Å². The zero-order valence-electron chi connectivity index (χ0n) is 7.73. The Kier molecular flexibility index (Phi) is 3.30. The van der Waals surface area contributed by atoms with E-state index in [9.17, 15) is 26.3 Å². The molecule has 16 heavy (non-hydrogen) atoms. The molecule has 0 amide bonds. The summed E-state index contributed by atoms with van der Waals surface area (Å²) in [7, 11) is 0. The summed E-state index contributed by atoms with van der Waals surface area (Å²) in [5.74, 6) is 0. The second-order valence-corrected chi connectivity index (χ2v) is 3.00. The number of halogens is 6. The third-order valence-corrected chi connectivity index (χ3v) is 1.68. The van der Waals surface area contributed by atoms with Gasteiger partial charge in [0.15, 0.2) is 0 Å². The highest BCUT2D eigenvalue weighted by Crippen LogP contribution is 2.30. The van der Waals surface area contributed by atoms with Gasteiger partial charge in [0, 0.05) is 6.08 Å². The first-order valence-corrected chi connectivity index (χ1v) is 4.12. The summed E-state index contributed by atoms with van der Waals surface area (Å²) in [6.45, 7) is 0. The number of rotatable bonds is 1. The average molecular weight is 240 g/mol. The summed E-state index contributed by atoms with van der Waals surface area (Å²) in [4.78, 5) is 0. The van der Waals surface area contributed by atoms with Crippen LogP contribution < -0.4 is 0 Å². The first kappa shape index (κ1) is 12.6. The van der Waals surface area contributed by atoms with Gasteiger partial charge in [-0.2, -0.15) is 26.3 Å². The predicted molar refractivity (Wildman–Crippen MR) is 46.5 cm³/mol. The van der Waals surface area contributed by atoms with Gasteiger partial charge in [-0.15, -0.1) is 0 Å². The van der Waals surface area contributed by atoms with E-state index in [2.05, 4.69) is 0 Å². The lowest BCUT2D eigenvalue weighted by Crippen LogP contribution is -2.04. The first-order chi connectivity index (χ1) is 7.18. The normalized spacial score (nSPS) is 13.4. The third kappa shape index (κ3) is 3.96. The van der Waals surface area contributed by atoms with Crippen molar-refractivity contribution in [1.29, 1.82) is 0 Å². The van der Waals surface area contributed by atoms with Gasteiger partial charge in [-0.1, -0.05) is 18.2 Å². The molecule has 0 aliphatic carbocycles. The van der Waals surface area contributed by atoms with Crippen molar-refractivity contribution in [3.8, 4) is 0 Å². The molecule has 0 saturated carbocycles. The molecule has 0 aromatic heterocycles. The molecule has 1 aromatic carbocycles. The zero-order valence-corrected chi connectivity index (χ0v) is 7.73. The van der Waals surface area contributed by atoms with E-state index in [4.69, 9.17) is 0 Å². The van der Waals surface area contributed by atoms with Crippen LogP contribution in [0.2, 0.25) is 0 Å². The quantitative estimate of drug-likeness (QED) is 0.642. The van der Waals surface area contributed by atoms with Crippen LogP contribution in [0, 0.1) is 0 Å². The Morgan fingerprint density at radius 1 is 0.938 bits per heavy atom. The summed E-state index contributed by atoms with van der Waals surface area (Å²) >= 11 is 0. The van der Waals surface area contributed by atoms with E-state index < -0.39 is 17.9 Å². The van der Waals surface area contributed by atoms with Crippen LogP contribution >= 0.6 is 0 Å². The fraction of sp³-hybridized carbons (Fsp3) is 0.200. The van der Waals surface area contributed by atoms with Crippen molar-refractivity contribution in [2.24, 2.45) is 0 Å². The van der Waals surface area contributed by atoms with Crippen molar-refractivity contribution in [1.82, 2.24) is 0 Å². The van der Waals surface area contributed by atoms with E-state index >= 15 is 0 Å². The van der Waals surface area contributed by atoms with E-state index in [1.807, 2.05) is 0 Å². The lowest BCUT2D eigenvalue weighted by Gasteiger charge is -2.06. The van der Waals surface area contributed by atoms with Gasteiger partial charge in [-0.3, -0.25) is 0 Å². The molecule has 0 unspecified atom stereocenters. The highest BCUT2D eigenvalue weighted by molar-refractivity contribution is 5.51. The summed E-state index contributed by atoms with van der Waals surface area (Å²) in [5.41, 5.74) is -1.12. The van der Waals surface area contributed by atoms with Gasteiger partial charge in [0.2, 0.25) is 0 Å². The molecule has 0 nitrogen and oxygen atoms in total. The van der Waals surface area contributed by atoms with Gasteiger partial charge in [0.05, 0.1) is 5.56 Å². The lowest BCUT2D eigenvalue weighted by atomic mass is 10.1. The zero-order chi connectivity index (χ0) is 12.4. The van der Waals surface area contributed by atoms with Crippen LogP contribution in [0.3, 0.4) is 0 Å². The van der Waals surface area contributed by atoms with Crippen LogP contribution in [0.4, 0.5) is 26.3 Å². The minimum atomic E-state index is -4.55. The fourth-order valence-corrected chi connectivity index (χ4v) is 1.01. The largest absolute Gasteiger partial charge is 0.416 e. The monoisotopic (exact) mass is 240 g/mol. The van der Waals surface area contributed by atoms with Crippen LogP contribution in [-0.4, -0.2) is 6.18 Å². The topological polar surface area (TPSA) is 0 Å². The Balaban J connectivity index is 2.96. The first-order valence-electron chi connectivity index (χ1n) is 4.12. The summed E-state index contributed by atoms with van der Waals surface area (Å²) < 4.78 is 71.9. The molecule has 0 fully saturated rings. The van der Waals surface area contributed by atoms with E-state index in [0.717, 1.165) is 18.2 Å². The smallest absolute Gasteiger partial charge is 0.167 e. The van der Waals surface area contributed by atoms with Crippen molar-refractivity contribution < 1.29 is 26.3 Å². The molecule has 0 saturated heterocycles. The van der Waals surface area contributed by atoms with Crippen LogP contribution in [0.15, 0.2) is 30.3 Å². The summed E-state index contributed by atoms with van der Waals surface area (Å²) in [5, 5.41) is 0. The average Bonchev–Trinajstić information content (AvgIpc) is 2.13. The van der Waals surface area contributed by atoms with Crippen LogP contribution in [-0.2, 0) is 6.18 Å². The number of benzene rings is 1. The number of hydrogen-bond acceptors (Lipinski definition) is 0. The fourth-order valence-electron chi connectivity index (χ4n) is 1.01. The Hall–Kier alpha value is -1.46. The second kappa shape index (κ2) is 4.19. The molecular weight excluding hydrogens is 234 g/mol. The third-order valence-electron chi connectivity index (χ3n) is 1.68. The van der Waals surface area contributed by atoms with E-state index in [-0.39, 0.29) is 11.6 Å². The lowest BCUT2D eigenvalue weighted by molar-refractivity contribution is -0.137. The predicted octanol–water partition coefficient (Wildman–Crippen LogP) is 4.28. The molecule has 0 bridgehead atoms. The van der Waals surface area contributed by atoms with Crippen molar-refractivity contribution in [3.63, 3.8) is 0 Å². The highest BCUT2D eigenvalue weighted by atomic mass is 19.4. The Labute approximate surface area is 87.2 Å². The van der Waals surface area contributed by atoms with Crippen molar-refractivity contribution >= 4 is 6.08 Å². The Bertz CT molecular complexity index is 385. The van der Waals surface area contributed by atoms with E-state index in [1.165, 1.54) is 0 Å². The van der Waals surface area contributed by atoms with Crippen molar-refractivity contribution in [3.05, 3.63) is 41.5 Å². The second-order valence-electron chi connectivity index (χ2n) is 3.00. The van der Waals surface area contributed by atoms with Crippen LogP contribution in [0.5, 0.6) is 0 Å². The summed E-state index contributed by atoms with van der Waals surface area (Å²) in [6, 6.07) is 3.67. The maximum Gasteiger partial charge on any atom is 0.416 e. The van der Waals surface area contributed by atoms with Crippen molar-refractivity contribution in [2.45, 2.75) is 12.4 Å². The van der Waals surface area contributed by atoms with Gasteiger partial charge < -0.3 is 0 Å². The van der Waals surface area contributed by atoms with Gasteiger partial charge >= 0.3 is 12.4 Å². The van der Waals surface area contributed by atoms with Gasteiger partial charge in [-0.25, -0.2) is 0 Å². The molecule has 88 valence electrons. The van der Waals surface area contributed by atoms with Crippen molar-refractivity contribution in [2.75, 3.05) is 0 Å². The van der Waals surface area contributed by atoms with Crippen LogP contribution in [0.25, 0.3) is 6.08 Å². The van der Waals surface area contributed by atoms with Crippen LogP contribution in [0.1, 0.15) is 11.1 Å². The standard InChI is InChI=1S/C10H6F6/c11-9(12,13)5-4-7-2-1-3-8(6-7)10(14,15)16/h1-6H. The minimum Gasteiger partial charge on any atom is -0.167 e. The van der Waals surface area contributed by atoms with Gasteiger partial charge in [-0.05, 0) is 17.7 Å².